The van der Waals surface area contributed by atoms with E-state index in [1.807, 2.05) is 22.9 Å². The lowest BCUT2D eigenvalue weighted by Gasteiger charge is -2.25. The minimum absolute atomic E-state index is 0.0518. The van der Waals surface area contributed by atoms with E-state index in [0.29, 0.717) is 11.7 Å². The maximum absolute atomic E-state index is 11.8. The van der Waals surface area contributed by atoms with Crippen LogP contribution in [0.4, 0.5) is 0 Å². The topological polar surface area (TPSA) is 69.8 Å². The largest absolute Gasteiger partial charge is 0.340 e. The van der Waals surface area contributed by atoms with Crippen molar-refractivity contribution in [2.75, 3.05) is 19.6 Å². The Labute approximate surface area is 100 Å². The van der Waals surface area contributed by atoms with Crippen molar-refractivity contribution in [2.24, 2.45) is 0 Å². The summed E-state index contributed by atoms with van der Waals surface area (Å²) in [5.41, 5.74) is 0.646. The molecule has 0 spiro atoms. The van der Waals surface area contributed by atoms with Gasteiger partial charge in [-0.25, -0.2) is 0 Å². The fraction of sp³-hybridized carbons (Fsp3) is 0.500. The molecule has 1 amide bonds. The highest BCUT2D eigenvalue weighted by Gasteiger charge is 2.19. The molecular weight excluding hydrogens is 216 g/mol. The molecule has 1 aliphatic rings. The fourth-order valence-electron chi connectivity index (χ4n) is 2.20. The first-order chi connectivity index (χ1) is 8.33. The summed E-state index contributed by atoms with van der Waals surface area (Å²) in [6, 6.07) is 5.97. The predicted octanol–water partition coefficient (Wildman–Crippen LogP) is 0.666. The van der Waals surface area contributed by atoms with E-state index < -0.39 is 0 Å². The van der Waals surface area contributed by atoms with Crippen LogP contribution in [0.3, 0.4) is 0 Å². The lowest BCUT2D eigenvalue weighted by Crippen LogP contribution is -2.32. The molecule has 2 rings (SSSR count). The van der Waals surface area contributed by atoms with Crippen LogP contribution in [0.15, 0.2) is 18.3 Å². The second kappa shape index (κ2) is 5.51. The van der Waals surface area contributed by atoms with Crippen molar-refractivity contribution >= 4 is 5.91 Å². The quantitative estimate of drug-likeness (QED) is 0.752. The molecule has 1 aromatic rings. The molecule has 0 bridgehead atoms. The molecule has 2 heterocycles. The van der Waals surface area contributed by atoms with E-state index in [1.165, 1.54) is 0 Å². The van der Waals surface area contributed by atoms with Crippen LogP contribution in [0.2, 0.25) is 0 Å². The highest BCUT2D eigenvalue weighted by atomic mass is 16.1. The summed E-state index contributed by atoms with van der Waals surface area (Å²) in [4.78, 5) is 11.8. The monoisotopic (exact) mass is 232 g/mol. The van der Waals surface area contributed by atoms with Crippen molar-refractivity contribution in [2.45, 2.75) is 18.9 Å². The minimum atomic E-state index is -0.171. The second-order valence-corrected chi connectivity index (χ2v) is 4.12. The first kappa shape index (κ1) is 11.7. The number of piperidine rings is 1. The normalized spacial score (nSPS) is 16.4. The van der Waals surface area contributed by atoms with Gasteiger partial charge >= 0.3 is 0 Å². The van der Waals surface area contributed by atoms with Crippen LogP contribution in [-0.4, -0.2) is 30.1 Å². The number of aromatic nitrogens is 1. The summed E-state index contributed by atoms with van der Waals surface area (Å²) in [7, 11) is 0. The molecule has 0 radical (unpaired) electrons. The molecule has 1 saturated heterocycles. The van der Waals surface area contributed by atoms with Gasteiger partial charge in [0.1, 0.15) is 12.2 Å². The van der Waals surface area contributed by atoms with E-state index in [-0.39, 0.29) is 12.5 Å². The summed E-state index contributed by atoms with van der Waals surface area (Å²) in [6.07, 6.45) is 4.01. The van der Waals surface area contributed by atoms with E-state index in [1.54, 1.807) is 6.07 Å². The number of hydrogen-bond acceptors (Lipinski definition) is 3. The van der Waals surface area contributed by atoms with Gasteiger partial charge in [0.05, 0.1) is 6.07 Å². The highest BCUT2D eigenvalue weighted by molar-refractivity contribution is 5.92. The SMILES string of the molecule is N#CCNC(=O)c1cccn1C1CCNCC1. The zero-order valence-corrected chi connectivity index (χ0v) is 9.65. The molecule has 2 N–H and O–H groups in total. The molecule has 0 aromatic carbocycles. The van der Waals surface area contributed by atoms with Crippen LogP contribution < -0.4 is 10.6 Å². The molecule has 17 heavy (non-hydrogen) atoms. The third-order valence-corrected chi connectivity index (χ3v) is 3.04. The van der Waals surface area contributed by atoms with Crippen molar-refractivity contribution in [3.63, 3.8) is 0 Å². The molecule has 90 valence electrons. The average molecular weight is 232 g/mol. The van der Waals surface area contributed by atoms with E-state index in [4.69, 9.17) is 5.26 Å². The molecule has 1 aromatic heterocycles. The van der Waals surface area contributed by atoms with Gasteiger partial charge in [-0.15, -0.1) is 0 Å². The summed E-state index contributed by atoms with van der Waals surface area (Å²) in [5.74, 6) is -0.171. The Kier molecular flexibility index (Phi) is 3.78. The molecular formula is C12H16N4O. The number of rotatable bonds is 3. The van der Waals surface area contributed by atoms with Crippen LogP contribution in [0.5, 0.6) is 0 Å². The van der Waals surface area contributed by atoms with E-state index in [9.17, 15) is 4.79 Å². The van der Waals surface area contributed by atoms with Crippen LogP contribution in [-0.2, 0) is 0 Å². The standard InChI is InChI=1S/C12H16N4O/c13-5-8-15-12(17)11-2-1-9-16(11)10-3-6-14-7-4-10/h1-2,9-10,14H,3-4,6-8H2,(H,15,17). The number of nitrogens with zero attached hydrogens (tertiary/aromatic N) is 2. The predicted molar refractivity (Wildman–Crippen MR) is 63.5 cm³/mol. The molecule has 0 atom stereocenters. The van der Waals surface area contributed by atoms with E-state index in [2.05, 4.69) is 10.6 Å². The Balaban J connectivity index is 2.10. The number of nitriles is 1. The van der Waals surface area contributed by atoms with Crippen molar-refractivity contribution < 1.29 is 4.79 Å². The van der Waals surface area contributed by atoms with Crippen molar-refractivity contribution in [3.8, 4) is 6.07 Å². The number of carbonyl (C=O) groups is 1. The average Bonchev–Trinajstić information content (AvgIpc) is 2.86. The van der Waals surface area contributed by atoms with Crippen molar-refractivity contribution in [1.82, 2.24) is 15.2 Å². The number of nitrogens with one attached hydrogen (secondary N) is 2. The van der Waals surface area contributed by atoms with Crippen LogP contribution in [0, 0.1) is 11.3 Å². The lowest BCUT2D eigenvalue weighted by atomic mass is 10.1. The molecule has 0 unspecified atom stereocenters. The Bertz CT molecular complexity index is 426. The summed E-state index contributed by atoms with van der Waals surface area (Å²) < 4.78 is 2.02. The summed E-state index contributed by atoms with van der Waals surface area (Å²) in [6.45, 7) is 2.03. The van der Waals surface area contributed by atoms with Gasteiger partial charge in [-0.1, -0.05) is 0 Å². The third kappa shape index (κ3) is 2.66. The van der Waals surface area contributed by atoms with Crippen LogP contribution >= 0.6 is 0 Å². The molecule has 0 saturated carbocycles. The van der Waals surface area contributed by atoms with Crippen LogP contribution in [0.1, 0.15) is 29.4 Å². The minimum Gasteiger partial charge on any atom is -0.340 e. The number of carbonyl (C=O) groups excluding carboxylic acids is 1. The molecule has 5 nitrogen and oxygen atoms in total. The van der Waals surface area contributed by atoms with E-state index >= 15 is 0 Å². The third-order valence-electron chi connectivity index (χ3n) is 3.04. The van der Waals surface area contributed by atoms with Gasteiger partial charge in [-0.05, 0) is 38.1 Å². The Morgan fingerprint density at radius 3 is 3.06 bits per heavy atom. The van der Waals surface area contributed by atoms with Crippen molar-refractivity contribution in [3.05, 3.63) is 24.0 Å². The number of amides is 1. The van der Waals surface area contributed by atoms with Gasteiger partial charge in [0.25, 0.3) is 5.91 Å². The Hall–Kier alpha value is -1.80. The molecule has 0 aliphatic carbocycles. The molecule has 1 aliphatic heterocycles. The zero-order valence-electron chi connectivity index (χ0n) is 9.65. The first-order valence-electron chi connectivity index (χ1n) is 5.85. The Morgan fingerprint density at radius 2 is 2.35 bits per heavy atom. The van der Waals surface area contributed by atoms with E-state index in [0.717, 1.165) is 25.9 Å². The van der Waals surface area contributed by atoms with Gasteiger partial charge < -0.3 is 15.2 Å². The van der Waals surface area contributed by atoms with Gasteiger partial charge in [-0.3, -0.25) is 4.79 Å². The van der Waals surface area contributed by atoms with Gasteiger partial charge in [0.2, 0.25) is 0 Å². The Morgan fingerprint density at radius 1 is 1.59 bits per heavy atom. The first-order valence-corrected chi connectivity index (χ1v) is 5.85. The van der Waals surface area contributed by atoms with Gasteiger partial charge in [-0.2, -0.15) is 5.26 Å². The zero-order chi connectivity index (χ0) is 12.1. The maximum Gasteiger partial charge on any atom is 0.268 e. The maximum atomic E-state index is 11.8. The summed E-state index contributed by atoms with van der Waals surface area (Å²) in [5, 5.41) is 14.3. The fourth-order valence-corrected chi connectivity index (χ4v) is 2.20. The van der Waals surface area contributed by atoms with Gasteiger partial charge in [0, 0.05) is 12.2 Å². The van der Waals surface area contributed by atoms with Gasteiger partial charge in [0.15, 0.2) is 0 Å². The summed E-state index contributed by atoms with van der Waals surface area (Å²) >= 11 is 0. The smallest absolute Gasteiger partial charge is 0.268 e. The lowest BCUT2D eigenvalue weighted by molar-refractivity contribution is 0.0945. The highest BCUT2D eigenvalue weighted by Crippen LogP contribution is 2.21. The molecule has 1 fully saturated rings. The number of hydrogen-bond donors (Lipinski definition) is 2. The second-order valence-electron chi connectivity index (χ2n) is 4.12. The molecule has 5 heteroatoms. The van der Waals surface area contributed by atoms with Crippen LogP contribution in [0.25, 0.3) is 0 Å². The van der Waals surface area contributed by atoms with Crippen molar-refractivity contribution in [1.29, 1.82) is 5.26 Å².